The number of unbranched alkanes of at least 4 members (excludes halogenated alkanes) is 3. The average Bonchev–Trinajstić information content (AvgIpc) is 2.70. The fraction of sp³-hybridized carbons (Fsp3) is 0.783. The Morgan fingerprint density at radius 2 is 1.69 bits per heavy atom. The third-order valence-electron chi connectivity index (χ3n) is 5.36. The first-order valence-electron chi connectivity index (χ1n) is 11.0. The molecule has 1 saturated carbocycles. The molecule has 0 saturated heterocycles. The molecule has 0 heterocycles. The zero-order valence-electron chi connectivity index (χ0n) is 18.4. The highest BCUT2D eigenvalue weighted by atomic mass is 16.6. The van der Waals surface area contributed by atoms with Crippen LogP contribution in [0.15, 0.2) is 12.7 Å². The van der Waals surface area contributed by atoms with E-state index in [-0.39, 0.29) is 24.7 Å². The van der Waals surface area contributed by atoms with Crippen LogP contribution in [0.1, 0.15) is 85.0 Å². The molecular formula is C23H38O6. The number of carbonyl (C=O) groups excluding carboxylic acids is 3. The molecule has 6 heteroatoms. The summed E-state index contributed by atoms with van der Waals surface area (Å²) in [5.74, 6) is -1.01. The zero-order chi connectivity index (χ0) is 21.7. The van der Waals surface area contributed by atoms with E-state index in [1.54, 1.807) is 0 Å². The molecular weight excluding hydrogens is 372 g/mol. The monoisotopic (exact) mass is 410 g/mol. The van der Waals surface area contributed by atoms with Crippen molar-refractivity contribution in [3.63, 3.8) is 0 Å². The molecule has 166 valence electrons. The van der Waals surface area contributed by atoms with Gasteiger partial charge in [0.1, 0.15) is 0 Å². The lowest BCUT2D eigenvalue weighted by atomic mass is 9.78. The first-order valence-corrected chi connectivity index (χ1v) is 11.0. The number of hydrogen-bond acceptors (Lipinski definition) is 6. The second kappa shape index (κ2) is 13.4. The van der Waals surface area contributed by atoms with Crippen molar-refractivity contribution in [1.29, 1.82) is 0 Å². The Hall–Kier alpha value is -1.85. The van der Waals surface area contributed by atoms with Crippen LogP contribution >= 0.6 is 0 Å². The molecule has 0 atom stereocenters. The van der Waals surface area contributed by atoms with E-state index in [0.717, 1.165) is 44.6 Å². The van der Waals surface area contributed by atoms with Crippen LogP contribution in [0.5, 0.6) is 0 Å². The van der Waals surface area contributed by atoms with Crippen molar-refractivity contribution in [2.24, 2.45) is 11.8 Å². The Bertz CT molecular complexity index is 531. The lowest BCUT2D eigenvalue weighted by molar-refractivity contribution is -0.186. The Morgan fingerprint density at radius 3 is 2.28 bits per heavy atom. The largest absolute Gasteiger partial charge is 0.465 e. The molecule has 29 heavy (non-hydrogen) atoms. The minimum atomic E-state index is -1.33. The van der Waals surface area contributed by atoms with Crippen LogP contribution in [0.4, 0.5) is 0 Å². The van der Waals surface area contributed by atoms with Crippen LogP contribution < -0.4 is 0 Å². The van der Waals surface area contributed by atoms with E-state index in [2.05, 4.69) is 20.4 Å². The van der Waals surface area contributed by atoms with Crippen molar-refractivity contribution in [3.8, 4) is 0 Å². The van der Waals surface area contributed by atoms with Gasteiger partial charge in [-0.1, -0.05) is 53.0 Å². The van der Waals surface area contributed by atoms with E-state index in [0.29, 0.717) is 32.0 Å². The molecule has 1 aliphatic carbocycles. The van der Waals surface area contributed by atoms with Gasteiger partial charge < -0.3 is 14.2 Å². The van der Waals surface area contributed by atoms with Gasteiger partial charge in [0, 0.05) is 6.08 Å². The summed E-state index contributed by atoms with van der Waals surface area (Å²) in [6, 6.07) is 0. The molecule has 1 aliphatic rings. The van der Waals surface area contributed by atoms with Gasteiger partial charge in [-0.3, -0.25) is 4.79 Å². The molecule has 0 radical (unpaired) electrons. The summed E-state index contributed by atoms with van der Waals surface area (Å²) < 4.78 is 16.2. The second-order valence-electron chi connectivity index (χ2n) is 8.29. The lowest BCUT2D eigenvalue weighted by Crippen LogP contribution is -2.48. The SMILES string of the molecule is C=CC(=O)OC1(C(=O)OCCCCCC(C)C)CCC(C(=O)OCCCC)CC1. The third kappa shape index (κ3) is 9.01. The van der Waals surface area contributed by atoms with E-state index in [4.69, 9.17) is 14.2 Å². The van der Waals surface area contributed by atoms with Gasteiger partial charge in [0.05, 0.1) is 19.1 Å². The average molecular weight is 411 g/mol. The van der Waals surface area contributed by atoms with Crippen molar-refractivity contribution >= 4 is 17.9 Å². The molecule has 0 unspecified atom stereocenters. The molecule has 0 aliphatic heterocycles. The highest BCUT2D eigenvalue weighted by molar-refractivity contribution is 5.88. The number of hydrogen-bond donors (Lipinski definition) is 0. The Labute approximate surface area is 175 Å². The summed E-state index contributed by atoms with van der Waals surface area (Å²) in [4.78, 5) is 36.8. The van der Waals surface area contributed by atoms with E-state index in [1.165, 1.54) is 0 Å². The van der Waals surface area contributed by atoms with Crippen molar-refractivity contribution < 1.29 is 28.6 Å². The number of carbonyl (C=O) groups is 3. The van der Waals surface area contributed by atoms with Crippen molar-refractivity contribution in [3.05, 3.63) is 12.7 Å². The van der Waals surface area contributed by atoms with Gasteiger partial charge in [-0.05, 0) is 44.4 Å². The minimum Gasteiger partial charge on any atom is -0.465 e. The van der Waals surface area contributed by atoms with Gasteiger partial charge in [-0.25, -0.2) is 9.59 Å². The summed E-state index contributed by atoms with van der Waals surface area (Å²) in [5, 5.41) is 0. The van der Waals surface area contributed by atoms with Gasteiger partial charge in [-0.2, -0.15) is 0 Å². The Kier molecular flexibility index (Phi) is 11.6. The summed E-state index contributed by atoms with van der Waals surface area (Å²) in [6.45, 7) is 10.6. The van der Waals surface area contributed by atoms with Gasteiger partial charge in [-0.15, -0.1) is 0 Å². The molecule has 1 fully saturated rings. The molecule has 0 N–H and O–H groups in total. The standard InChI is InChI=1S/C23H38O6/c1-5-7-16-27-21(25)19-12-14-23(15-13-19,29-20(24)6-2)22(26)28-17-10-8-9-11-18(3)4/h6,18-19H,2,5,7-17H2,1,3-4H3. The van der Waals surface area contributed by atoms with Crippen LogP contribution in [0.2, 0.25) is 0 Å². The summed E-state index contributed by atoms with van der Waals surface area (Å²) in [6.07, 6.45) is 8.26. The maximum Gasteiger partial charge on any atom is 0.350 e. The lowest BCUT2D eigenvalue weighted by Gasteiger charge is -2.36. The zero-order valence-corrected chi connectivity index (χ0v) is 18.4. The van der Waals surface area contributed by atoms with Gasteiger partial charge in [0.25, 0.3) is 0 Å². The van der Waals surface area contributed by atoms with Crippen LogP contribution in [-0.4, -0.2) is 36.7 Å². The molecule has 1 rings (SSSR count). The number of ether oxygens (including phenoxy) is 3. The van der Waals surface area contributed by atoms with Crippen LogP contribution in [0.25, 0.3) is 0 Å². The quantitative estimate of drug-likeness (QED) is 0.189. The molecule has 0 aromatic heterocycles. The van der Waals surface area contributed by atoms with Crippen molar-refractivity contribution in [2.75, 3.05) is 13.2 Å². The highest BCUT2D eigenvalue weighted by Crippen LogP contribution is 2.37. The van der Waals surface area contributed by atoms with Gasteiger partial charge in [0.2, 0.25) is 5.60 Å². The summed E-state index contributed by atoms with van der Waals surface area (Å²) in [5.41, 5.74) is -1.33. The summed E-state index contributed by atoms with van der Waals surface area (Å²) in [7, 11) is 0. The minimum absolute atomic E-state index is 0.236. The normalized spacial score (nSPS) is 21.4. The molecule has 0 aromatic rings. The molecule has 0 spiro atoms. The van der Waals surface area contributed by atoms with Gasteiger partial charge >= 0.3 is 17.9 Å². The highest BCUT2D eigenvalue weighted by Gasteiger charge is 2.48. The maximum atomic E-state index is 12.7. The van der Waals surface area contributed by atoms with E-state index in [9.17, 15) is 14.4 Å². The Balaban J connectivity index is 2.56. The fourth-order valence-electron chi connectivity index (χ4n) is 3.46. The smallest absolute Gasteiger partial charge is 0.350 e. The third-order valence-corrected chi connectivity index (χ3v) is 5.36. The van der Waals surface area contributed by atoms with Crippen molar-refractivity contribution in [1.82, 2.24) is 0 Å². The van der Waals surface area contributed by atoms with Gasteiger partial charge in [0.15, 0.2) is 0 Å². The second-order valence-corrected chi connectivity index (χ2v) is 8.29. The van der Waals surface area contributed by atoms with Crippen LogP contribution in [0, 0.1) is 11.8 Å². The van der Waals surface area contributed by atoms with Crippen LogP contribution in [-0.2, 0) is 28.6 Å². The molecule has 0 aromatic carbocycles. The fourth-order valence-corrected chi connectivity index (χ4v) is 3.46. The van der Waals surface area contributed by atoms with Crippen molar-refractivity contribution in [2.45, 2.75) is 90.6 Å². The molecule has 0 amide bonds. The first-order chi connectivity index (χ1) is 13.8. The number of rotatable bonds is 13. The predicted molar refractivity (Wildman–Crippen MR) is 111 cm³/mol. The van der Waals surface area contributed by atoms with E-state index >= 15 is 0 Å². The molecule has 6 nitrogen and oxygen atoms in total. The topological polar surface area (TPSA) is 78.9 Å². The van der Waals surface area contributed by atoms with E-state index in [1.807, 2.05) is 6.92 Å². The maximum absolute atomic E-state index is 12.7. The molecule has 0 bridgehead atoms. The van der Waals surface area contributed by atoms with E-state index < -0.39 is 17.5 Å². The van der Waals surface area contributed by atoms with Crippen LogP contribution in [0.3, 0.4) is 0 Å². The Morgan fingerprint density at radius 1 is 1.03 bits per heavy atom. The predicted octanol–water partition coefficient (Wildman–Crippen LogP) is 4.75. The first kappa shape index (κ1) is 25.2. The number of esters is 3. The summed E-state index contributed by atoms with van der Waals surface area (Å²) >= 11 is 0.